The molecule has 0 heterocycles. The molecule has 0 aromatic heterocycles. The molecule has 1 aromatic carbocycles. The Morgan fingerprint density at radius 3 is 2.44 bits per heavy atom. The van der Waals surface area contributed by atoms with Gasteiger partial charge < -0.3 is 11.1 Å². The predicted octanol–water partition coefficient (Wildman–Crippen LogP) is 2.23. The third-order valence-corrected chi connectivity index (χ3v) is 3.27. The van der Waals surface area contributed by atoms with Crippen LogP contribution in [-0.2, 0) is 11.2 Å². The van der Waals surface area contributed by atoms with Crippen molar-refractivity contribution in [3.05, 3.63) is 34.9 Å². The van der Waals surface area contributed by atoms with Crippen LogP contribution in [0.2, 0.25) is 5.02 Å². The van der Waals surface area contributed by atoms with Gasteiger partial charge in [0.25, 0.3) is 0 Å². The fraction of sp³-hybridized carbons (Fsp3) is 0.500. The summed E-state index contributed by atoms with van der Waals surface area (Å²) in [5.74, 6) is 0.210. The molecule has 0 bridgehead atoms. The normalized spacial score (nSPS) is 12.5. The van der Waals surface area contributed by atoms with Gasteiger partial charge in [-0.2, -0.15) is 0 Å². The van der Waals surface area contributed by atoms with Crippen LogP contribution in [0, 0.1) is 11.8 Å². The van der Waals surface area contributed by atoms with Gasteiger partial charge in [0, 0.05) is 18.1 Å². The van der Waals surface area contributed by atoms with Crippen LogP contribution < -0.4 is 11.1 Å². The van der Waals surface area contributed by atoms with Crippen molar-refractivity contribution in [1.82, 2.24) is 5.32 Å². The second kappa shape index (κ2) is 7.39. The number of carbonyl (C=O) groups excluding carboxylic acids is 1. The summed E-state index contributed by atoms with van der Waals surface area (Å²) in [6.45, 7) is 5.04. The second-order valence-electron chi connectivity index (χ2n) is 4.75. The van der Waals surface area contributed by atoms with Gasteiger partial charge >= 0.3 is 0 Å². The van der Waals surface area contributed by atoms with Gasteiger partial charge in [-0.25, -0.2) is 0 Å². The summed E-state index contributed by atoms with van der Waals surface area (Å²) in [4.78, 5) is 11.8. The monoisotopic (exact) mass is 268 g/mol. The van der Waals surface area contributed by atoms with E-state index in [-0.39, 0.29) is 17.7 Å². The zero-order chi connectivity index (χ0) is 13.5. The van der Waals surface area contributed by atoms with E-state index in [0.29, 0.717) is 13.1 Å². The smallest absolute Gasteiger partial charge is 0.224 e. The lowest BCUT2D eigenvalue weighted by Crippen LogP contribution is -2.38. The molecular formula is C14H21ClN2O. The Labute approximate surface area is 114 Å². The Hall–Kier alpha value is -1.06. The Morgan fingerprint density at radius 2 is 1.94 bits per heavy atom. The van der Waals surface area contributed by atoms with Crippen molar-refractivity contribution in [2.45, 2.75) is 20.3 Å². The Balaban J connectivity index is 2.37. The number of nitrogens with one attached hydrogen (secondary N) is 1. The molecule has 0 aliphatic rings. The van der Waals surface area contributed by atoms with Gasteiger partial charge in [0.15, 0.2) is 0 Å². The quantitative estimate of drug-likeness (QED) is 0.831. The highest BCUT2D eigenvalue weighted by Crippen LogP contribution is 2.10. The first-order chi connectivity index (χ1) is 8.54. The van der Waals surface area contributed by atoms with E-state index in [1.165, 1.54) is 0 Å². The number of carbonyl (C=O) groups is 1. The molecule has 3 nitrogen and oxygen atoms in total. The molecule has 0 saturated heterocycles. The largest absolute Gasteiger partial charge is 0.355 e. The van der Waals surface area contributed by atoms with Crippen molar-refractivity contribution in [2.75, 3.05) is 13.1 Å². The minimum atomic E-state index is -0.102. The van der Waals surface area contributed by atoms with Gasteiger partial charge in [0.1, 0.15) is 0 Å². The SMILES string of the molecule is CC(C)C(CN)C(=O)NCCc1ccc(Cl)cc1. The molecule has 1 unspecified atom stereocenters. The van der Waals surface area contributed by atoms with Gasteiger partial charge in [-0.05, 0) is 30.0 Å². The zero-order valence-electron chi connectivity index (χ0n) is 10.9. The zero-order valence-corrected chi connectivity index (χ0v) is 11.7. The molecule has 0 spiro atoms. The van der Waals surface area contributed by atoms with E-state index in [1.807, 2.05) is 38.1 Å². The molecule has 1 rings (SSSR count). The molecule has 1 atom stereocenters. The maximum Gasteiger partial charge on any atom is 0.224 e. The molecule has 100 valence electrons. The van der Waals surface area contributed by atoms with E-state index in [2.05, 4.69) is 5.32 Å². The van der Waals surface area contributed by atoms with Crippen molar-refractivity contribution >= 4 is 17.5 Å². The van der Waals surface area contributed by atoms with Crippen molar-refractivity contribution in [3.63, 3.8) is 0 Å². The summed E-state index contributed by atoms with van der Waals surface area (Å²) in [7, 11) is 0. The minimum absolute atomic E-state index is 0.0430. The van der Waals surface area contributed by atoms with E-state index in [9.17, 15) is 4.79 Å². The maximum atomic E-state index is 11.8. The average molecular weight is 269 g/mol. The van der Waals surface area contributed by atoms with Crippen molar-refractivity contribution in [1.29, 1.82) is 0 Å². The van der Waals surface area contributed by atoms with Crippen LogP contribution in [0.25, 0.3) is 0 Å². The highest BCUT2D eigenvalue weighted by molar-refractivity contribution is 6.30. The van der Waals surface area contributed by atoms with Gasteiger partial charge in [-0.3, -0.25) is 4.79 Å². The van der Waals surface area contributed by atoms with Crippen molar-refractivity contribution in [3.8, 4) is 0 Å². The van der Waals surface area contributed by atoms with E-state index in [1.54, 1.807) is 0 Å². The lowest BCUT2D eigenvalue weighted by atomic mass is 9.95. The highest BCUT2D eigenvalue weighted by Gasteiger charge is 2.19. The number of rotatable bonds is 6. The van der Waals surface area contributed by atoms with Crippen molar-refractivity contribution in [2.24, 2.45) is 17.6 Å². The number of amides is 1. The van der Waals surface area contributed by atoms with Crippen LogP contribution in [-0.4, -0.2) is 19.0 Å². The highest BCUT2D eigenvalue weighted by atomic mass is 35.5. The van der Waals surface area contributed by atoms with Crippen LogP contribution in [0.5, 0.6) is 0 Å². The number of nitrogens with two attached hydrogens (primary N) is 1. The third-order valence-electron chi connectivity index (χ3n) is 3.02. The lowest BCUT2D eigenvalue weighted by Gasteiger charge is -2.18. The van der Waals surface area contributed by atoms with Gasteiger partial charge in [-0.1, -0.05) is 37.6 Å². The molecule has 3 N–H and O–H groups in total. The van der Waals surface area contributed by atoms with E-state index in [4.69, 9.17) is 17.3 Å². The first-order valence-corrected chi connectivity index (χ1v) is 6.64. The molecule has 0 aliphatic carbocycles. The Morgan fingerprint density at radius 1 is 1.33 bits per heavy atom. The van der Waals surface area contributed by atoms with E-state index < -0.39 is 0 Å². The van der Waals surface area contributed by atoms with E-state index >= 15 is 0 Å². The average Bonchev–Trinajstić information content (AvgIpc) is 2.32. The maximum absolute atomic E-state index is 11.8. The molecular weight excluding hydrogens is 248 g/mol. The van der Waals surface area contributed by atoms with Gasteiger partial charge in [-0.15, -0.1) is 0 Å². The molecule has 0 radical (unpaired) electrons. The van der Waals surface area contributed by atoms with Crippen LogP contribution in [0.15, 0.2) is 24.3 Å². The number of hydrogen-bond donors (Lipinski definition) is 2. The minimum Gasteiger partial charge on any atom is -0.355 e. The van der Waals surface area contributed by atoms with Crippen molar-refractivity contribution < 1.29 is 4.79 Å². The summed E-state index contributed by atoms with van der Waals surface area (Å²) >= 11 is 5.81. The number of benzene rings is 1. The molecule has 4 heteroatoms. The molecule has 18 heavy (non-hydrogen) atoms. The van der Waals surface area contributed by atoms with Crippen LogP contribution >= 0.6 is 11.6 Å². The van der Waals surface area contributed by atoms with Crippen LogP contribution in [0.3, 0.4) is 0 Å². The second-order valence-corrected chi connectivity index (χ2v) is 5.19. The number of halogens is 1. The fourth-order valence-electron chi connectivity index (χ4n) is 1.79. The molecule has 1 aromatic rings. The first-order valence-electron chi connectivity index (χ1n) is 6.26. The Bertz CT molecular complexity index is 376. The summed E-state index contributed by atoms with van der Waals surface area (Å²) in [6.07, 6.45) is 0.804. The fourth-order valence-corrected chi connectivity index (χ4v) is 1.92. The first kappa shape index (κ1) is 15.0. The van der Waals surface area contributed by atoms with E-state index in [0.717, 1.165) is 17.0 Å². The molecule has 0 aliphatic heterocycles. The predicted molar refractivity (Wildman–Crippen MR) is 75.5 cm³/mol. The van der Waals surface area contributed by atoms with Crippen LogP contribution in [0.4, 0.5) is 0 Å². The summed E-state index contributed by atoms with van der Waals surface area (Å²) in [5.41, 5.74) is 6.76. The molecule has 0 saturated carbocycles. The molecule has 0 fully saturated rings. The molecule has 1 amide bonds. The summed E-state index contributed by atoms with van der Waals surface area (Å²) < 4.78 is 0. The lowest BCUT2D eigenvalue weighted by molar-refractivity contribution is -0.125. The van der Waals surface area contributed by atoms with Crippen LogP contribution in [0.1, 0.15) is 19.4 Å². The van der Waals surface area contributed by atoms with Gasteiger partial charge in [0.2, 0.25) is 5.91 Å². The summed E-state index contributed by atoms with van der Waals surface area (Å²) in [6, 6.07) is 7.65. The van der Waals surface area contributed by atoms with Gasteiger partial charge in [0.05, 0.1) is 5.92 Å². The Kier molecular flexibility index (Phi) is 6.16. The number of hydrogen-bond acceptors (Lipinski definition) is 2. The topological polar surface area (TPSA) is 55.1 Å². The third kappa shape index (κ3) is 4.67. The summed E-state index contributed by atoms with van der Waals surface area (Å²) in [5, 5.41) is 3.65. The standard InChI is InChI=1S/C14H21ClN2O/c1-10(2)13(9-16)14(18)17-8-7-11-3-5-12(15)6-4-11/h3-6,10,13H,7-9,16H2,1-2H3,(H,17,18).